The number of sulfonamides is 1. The van der Waals surface area contributed by atoms with Gasteiger partial charge >= 0.3 is 0 Å². The fourth-order valence-corrected chi connectivity index (χ4v) is 2.63. The number of primary sulfonamides is 1. The van der Waals surface area contributed by atoms with Crippen LogP contribution in [0.3, 0.4) is 0 Å². The van der Waals surface area contributed by atoms with Crippen LogP contribution in [0.15, 0.2) is 65.2 Å². The number of nitrogens with one attached hydrogen (secondary N) is 2. The van der Waals surface area contributed by atoms with Crippen molar-refractivity contribution in [2.45, 2.75) is 25.7 Å². The van der Waals surface area contributed by atoms with E-state index in [-0.39, 0.29) is 16.5 Å². The molecule has 4 N–H and O–H groups in total. The molecule has 8 heteroatoms. The highest BCUT2D eigenvalue weighted by molar-refractivity contribution is 7.89. The van der Waals surface area contributed by atoms with Crippen molar-refractivity contribution in [3.8, 4) is 0 Å². The molecule has 7 nitrogen and oxygen atoms in total. The smallest absolute Gasteiger partial charge is 0.272 e. The van der Waals surface area contributed by atoms with Crippen molar-refractivity contribution < 1.29 is 18.0 Å². The number of hydrogen-bond donors (Lipinski definition) is 3. The Labute approximate surface area is 164 Å². The minimum atomic E-state index is -3.82. The second kappa shape index (κ2) is 8.37. The van der Waals surface area contributed by atoms with Crippen LogP contribution in [0.4, 0.5) is 5.69 Å². The third-order valence-electron chi connectivity index (χ3n) is 3.73. The highest BCUT2D eigenvalue weighted by atomic mass is 32.2. The van der Waals surface area contributed by atoms with E-state index in [0.717, 1.165) is 5.56 Å². The Morgan fingerprint density at radius 3 is 2.04 bits per heavy atom. The first kappa shape index (κ1) is 21.3. The quantitative estimate of drug-likeness (QED) is 0.667. The van der Waals surface area contributed by atoms with Crippen LogP contribution in [0.5, 0.6) is 0 Å². The maximum absolute atomic E-state index is 12.7. The molecule has 0 saturated carbocycles. The molecule has 2 rings (SSSR count). The van der Waals surface area contributed by atoms with Gasteiger partial charge < -0.3 is 10.6 Å². The maximum atomic E-state index is 12.7. The number of nitrogens with two attached hydrogens (primary N) is 1. The van der Waals surface area contributed by atoms with E-state index < -0.39 is 21.3 Å². The predicted octanol–water partition coefficient (Wildman–Crippen LogP) is 2.48. The molecule has 0 fully saturated rings. The van der Waals surface area contributed by atoms with Crippen molar-refractivity contribution in [1.29, 1.82) is 0 Å². The molecule has 0 aliphatic heterocycles. The molecular formula is C20H23N3O4S. The Bertz CT molecular complexity index is 990. The van der Waals surface area contributed by atoms with Crippen LogP contribution in [0, 0.1) is 5.41 Å². The molecule has 0 spiro atoms. The van der Waals surface area contributed by atoms with Gasteiger partial charge in [0.25, 0.3) is 5.91 Å². The average Bonchev–Trinajstić information content (AvgIpc) is 2.61. The second-order valence-corrected chi connectivity index (χ2v) is 8.76. The highest BCUT2D eigenvalue weighted by Crippen LogP contribution is 2.17. The van der Waals surface area contributed by atoms with Gasteiger partial charge in [-0.25, -0.2) is 13.6 Å². The molecule has 0 radical (unpaired) electrons. The first-order chi connectivity index (χ1) is 13.0. The number of hydrogen-bond acceptors (Lipinski definition) is 4. The third kappa shape index (κ3) is 6.04. The lowest BCUT2D eigenvalue weighted by atomic mass is 9.95. The summed E-state index contributed by atoms with van der Waals surface area (Å²) in [5, 5.41) is 10.4. The summed E-state index contributed by atoms with van der Waals surface area (Å²) in [4.78, 5) is 25.0. The number of carbonyl (C=O) groups is 2. The highest BCUT2D eigenvalue weighted by Gasteiger charge is 2.24. The van der Waals surface area contributed by atoms with E-state index in [1.807, 2.05) is 18.2 Å². The second-order valence-electron chi connectivity index (χ2n) is 7.20. The van der Waals surface area contributed by atoms with Gasteiger partial charge in [-0.1, -0.05) is 51.1 Å². The van der Waals surface area contributed by atoms with Crippen LogP contribution in [0.25, 0.3) is 6.08 Å². The van der Waals surface area contributed by atoms with Gasteiger partial charge in [0.2, 0.25) is 15.9 Å². The number of rotatable bonds is 5. The lowest BCUT2D eigenvalue weighted by Crippen LogP contribution is -2.38. The summed E-state index contributed by atoms with van der Waals surface area (Å²) < 4.78 is 22.7. The SMILES string of the molecule is CC(C)(C)C(=O)N/C(=C/c1ccccc1)C(=O)Nc1ccc(S(N)(=O)=O)cc1. The van der Waals surface area contributed by atoms with Crippen LogP contribution in [-0.4, -0.2) is 20.2 Å². The van der Waals surface area contributed by atoms with Crippen LogP contribution in [-0.2, 0) is 19.6 Å². The van der Waals surface area contributed by atoms with E-state index in [1.165, 1.54) is 24.3 Å². The maximum Gasteiger partial charge on any atom is 0.272 e. The van der Waals surface area contributed by atoms with E-state index in [1.54, 1.807) is 39.0 Å². The summed E-state index contributed by atoms with van der Waals surface area (Å²) in [5.41, 5.74) is 0.488. The standard InChI is InChI=1S/C20H23N3O4S/c1-20(2,3)19(25)23-17(13-14-7-5-4-6-8-14)18(24)22-15-9-11-16(12-10-15)28(21,26)27/h4-13H,1-3H3,(H,22,24)(H,23,25)(H2,21,26,27)/b17-13+. The van der Waals surface area contributed by atoms with Gasteiger partial charge in [-0.15, -0.1) is 0 Å². The van der Waals surface area contributed by atoms with Crippen molar-refractivity contribution in [2.75, 3.05) is 5.32 Å². The molecule has 2 aromatic carbocycles. The average molecular weight is 401 g/mol. The van der Waals surface area contributed by atoms with Crippen molar-refractivity contribution in [2.24, 2.45) is 10.6 Å². The summed E-state index contributed by atoms with van der Waals surface area (Å²) in [6.07, 6.45) is 1.57. The molecule has 0 aliphatic carbocycles. The molecule has 0 heterocycles. The van der Waals surface area contributed by atoms with E-state index in [4.69, 9.17) is 5.14 Å². The molecular weight excluding hydrogens is 378 g/mol. The molecule has 0 atom stereocenters. The molecule has 0 aromatic heterocycles. The lowest BCUT2D eigenvalue weighted by Gasteiger charge is -2.19. The van der Waals surface area contributed by atoms with Crippen LogP contribution < -0.4 is 15.8 Å². The van der Waals surface area contributed by atoms with E-state index in [0.29, 0.717) is 5.69 Å². The van der Waals surface area contributed by atoms with E-state index >= 15 is 0 Å². The molecule has 28 heavy (non-hydrogen) atoms. The molecule has 0 bridgehead atoms. The predicted molar refractivity (Wildman–Crippen MR) is 108 cm³/mol. The Morgan fingerprint density at radius 2 is 1.54 bits per heavy atom. The molecule has 0 aliphatic rings. The van der Waals surface area contributed by atoms with Crippen molar-refractivity contribution in [3.63, 3.8) is 0 Å². The third-order valence-corrected chi connectivity index (χ3v) is 4.65. The Hall–Kier alpha value is -2.97. The zero-order chi connectivity index (χ0) is 20.9. The molecule has 0 unspecified atom stereocenters. The Morgan fingerprint density at radius 1 is 0.964 bits per heavy atom. The normalized spacial score (nSPS) is 12.4. The van der Waals surface area contributed by atoms with Gasteiger partial charge in [-0.05, 0) is 35.9 Å². The number of amides is 2. The largest absolute Gasteiger partial charge is 0.321 e. The number of benzene rings is 2. The molecule has 0 saturated heterocycles. The summed E-state index contributed by atoms with van der Waals surface area (Å²) in [5.74, 6) is -0.848. The zero-order valence-electron chi connectivity index (χ0n) is 15.9. The topological polar surface area (TPSA) is 118 Å². The number of anilines is 1. The van der Waals surface area contributed by atoms with Crippen LogP contribution >= 0.6 is 0 Å². The number of carbonyl (C=O) groups excluding carboxylic acids is 2. The van der Waals surface area contributed by atoms with Gasteiger partial charge in [-0.3, -0.25) is 9.59 Å². The minimum absolute atomic E-state index is 0.0633. The first-order valence-corrected chi connectivity index (χ1v) is 10.0. The van der Waals surface area contributed by atoms with Gasteiger partial charge in [0.15, 0.2) is 0 Å². The van der Waals surface area contributed by atoms with Gasteiger partial charge in [0, 0.05) is 11.1 Å². The van der Waals surface area contributed by atoms with Crippen LogP contribution in [0.2, 0.25) is 0 Å². The van der Waals surface area contributed by atoms with Gasteiger partial charge in [0.1, 0.15) is 5.70 Å². The van der Waals surface area contributed by atoms with Gasteiger partial charge in [0.05, 0.1) is 4.90 Å². The van der Waals surface area contributed by atoms with Crippen molar-refractivity contribution in [3.05, 3.63) is 65.9 Å². The molecule has 148 valence electrons. The van der Waals surface area contributed by atoms with Crippen LogP contribution in [0.1, 0.15) is 26.3 Å². The fraction of sp³-hybridized carbons (Fsp3) is 0.200. The fourth-order valence-electron chi connectivity index (χ4n) is 2.11. The van der Waals surface area contributed by atoms with Gasteiger partial charge in [-0.2, -0.15) is 0 Å². The lowest BCUT2D eigenvalue weighted by molar-refractivity contribution is -0.128. The zero-order valence-corrected chi connectivity index (χ0v) is 16.7. The van der Waals surface area contributed by atoms with E-state index in [2.05, 4.69) is 10.6 Å². The summed E-state index contributed by atoms with van der Waals surface area (Å²) in [7, 11) is -3.82. The monoisotopic (exact) mass is 401 g/mol. The summed E-state index contributed by atoms with van der Waals surface area (Å²) >= 11 is 0. The van der Waals surface area contributed by atoms with Crippen molar-refractivity contribution >= 4 is 33.6 Å². The first-order valence-electron chi connectivity index (χ1n) is 8.49. The minimum Gasteiger partial charge on any atom is -0.321 e. The Kier molecular flexibility index (Phi) is 6.37. The van der Waals surface area contributed by atoms with Crippen molar-refractivity contribution in [1.82, 2.24) is 5.32 Å². The Balaban J connectivity index is 2.28. The van der Waals surface area contributed by atoms with E-state index in [9.17, 15) is 18.0 Å². The molecule has 2 aromatic rings. The summed E-state index contributed by atoms with van der Waals surface area (Å²) in [6, 6.07) is 14.5. The summed E-state index contributed by atoms with van der Waals surface area (Å²) in [6.45, 7) is 5.23. The molecule has 2 amide bonds.